The van der Waals surface area contributed by atoms with Crippen molar-refractivity contribution in [3.63, 3.8) is 0 Å². The molecule has 0 saturated heterocycles. The van der Waals surface area contributed by atoms with Gasteiger partial charge in [-0.15, -0.1) is 0 Å². The number of carbonyl (C=O) groups excluding carboxylic acids is 2. The molecule has 1 unspecified atom stereocenters. The van der Waals surface area contributed by atoms with Gasteiger partial charge >= 0.3 is 0 Å². The van der Waals surface area contributed by atoms with Crippen molar-refractivity contribution >= 4 is 39.1 Å². The van der Waals surface area contributed by atoms with E-state index in [4.69, 9.17) is 11.6 Å². The van der Waals surface area contributed by atoms with Gasteiger partial charge in [-0.1, -0.05) is 80.0 Å². The lowest BCUT2D eigenvalue weighted by molar-refractivity contribution is -0.139. The molecule has 3 aromatic carbocycles. The molecule has 3 aromatic rings. The predicted molar refractivity (Wildman–Crippen MR) is 156 cm³/mol. The number of nitrogens with zero attached hydrogens (tertiary/aromatic N) is 2. The quantitative estimate of drug-likeness (QED) is 0.306. The Kier molecular flexibility index (Phi) is 10.9. The summed E-state index contributed by atoms with van der Waals surface area (Å²) in [6, 6.07) is 21.8. The van der Waals surface area contributed by atoms with Gasteiger partial charge in [0.25, 0.3) is 10.0 Å². The van der Waals surface area contributed by atoms with E-state index in [1.165, 1.54) is 17.0 Å². The molecule has 7 nitrogen and oxygen atoms in total. The number of benzene rings is 3. The maximum absolute atomic E-state index is 14.0. The van der Waals surface area contributed by atoms with Crippen LogP contribution in [-0.2, 0) is 26.0 Å². The number of nitrogens with one attached hydrogen (secondary N) is 1. The minimum atomic E-state index is -4.12. The van der Waals surface area contributed by atoms with Crippen molar-refractivity contribution in [3.05, 3.63) is 95.0 Å². The Morgan fingerprint density at radius 3 is 2.18 bits per heavy atom. The van der Waals surface area contributed by atoms with Gasteiger partial charge in [-0.3, -0.25) is 13.9 Å². The second-order valence-corrected chi connectivity index (χ2v) is 11.6. The van der Waals surface area contributed by atoms with Crippen molar-refractivity contribution in [1.82, 2.24) is 10.2 Å². The molecule has 3 rings (SSSR count). The second-order valence-electron chi connectivity index (χ2n) is 9.30. The van der Waals surface area contributed by atoms with Crippen LogP contribution in [0, 0.1) is 6.92 Å². The number of carbonyl (C=O) groups is 2. The fraction of sp³-hybridized carbons (Fsp3) is 0.333. The summed E-state index contributed by atoms with van der Waals surface area (Å²) in [6.07, 6.45) is 1.67. The zero-order valence-electron chi connectivity index (χ0n) is 22.6. The van der Waals surface area contributed by atoms with E-state index in [0.717, 1.165) is 21.9 Å². The molecule has 0 spiro atoms. The first-order chi connectivity index (χ1) is 18.7. The highest BCUT2D eigenvalue weighted by atomic mass is 35.5. The molecule has 39 heavy (non-hydrogen) atoms. The molecule has 2 amide bonds. The topological polar surface area (TPSA) is 86.8 Å². The second kappa shape index (κ2) is 14.1. The maximum atomic E-state index is 14.0. The van der Waals surface area contributed by atoms with Crippen molar-refractivity contribution in [3.8, 4) is 0 Å². The fourth-order valence-corrected chi connectivity index (χ4v) is 5.85. The molecule has 208 valence electrons. The zero-order valence-corrected chi connectivity index (χ0v) is 24.2. The fourth-order valence-electron chi connectivity index (χ4n) is 4.25. The lowest BCUT2D eigenvalue weighted by Crippen LogP contribution is -2.53. The summed E-state index contributed by atoms with van der Waals surface area (Å²) in [5.41, 5.74) is 2.07. The Morgan fingerprint density at radius 2 is 1.59 bits per heavy atom. The molecule has 0 heterocycles. The molecule has 0 aliphatic heterocycles. The van der Waals surface area contributed by atoms with Gasteiger partial charge in [0.1, 0.15) is 12.6 Å². The minimum Gasteiger partial charge on any atom is -0.354 e. The van der Waals surface area contributed by atoms with Crippen LogP contribution in [0.15, 0.2) is 83.8 Å². The van der Waals surface area contributed by atoms with Gasteiger partial charge in [0.15, 0.2) is 0 Å². The SMILES string of the molecule is CCCNC(=O)C(CC)N(CCc1ccccc1)C(=O)CN(c1ccc(C)c(Cl)c1)S(=O)(=O)c1ccccc1. The van der Waals surface area contributed by atoms with E-state index in [-0.39, 0.29) is 23.0 Å². The number of halogens is 1. The molecular formula is C30H36ClN3O4S. The first kappa shape index (κ1) is 30.2. The first-order valence-electron chi connectivity index (χ1n) is 13.1. The van der Waals surface area contributed by atoms with E-state index < -0.39 is 28.5 Å². The van der Waals surface area contributed by atoms with Gasteiger partial charge in [0.2, 0.25) is 11.8 Å². The van der Waals surface area contributed by atoms with Crippen LogP contribution < -0.4 is 9.62 Å². The summed E-state index contributed by atoms with van der Waals surface area (Å²) in [4.78, 5) is 28.6. The van der Waals surface area contributed by atoms with Gasteiger partial charge in [0.05, 0.1) is 10.6 Å². The number of aryl methyl sites for hydroxylation is 1. The third kappa shape index (κ3) is 7.83. The lowest BCUT2D eigenvalue weighted by atomic mass is 10.1. The number of hydrogen-bond acceptors (Lipinski definition) is 4. The molecule has 0 aromatic heterocycles. The van der Waals surface area contributed by atoms with Crippen LogP contribution in [0.1, 0.15) is 37.8 Å². The van der Waals surface area contributed by atoms with Gasteiger partial charge in [-0.25, -0.2) is 8.42 Å². The summed E-state index contributed by atoms with van der Waals surface area (Å²) in [7, 11) is -4.12. The molecule has 0 fully saturated rings. The van der Waals surface area contributed by atoms with E-state index in [2.05, 4.69) is 5.32 Å². The van der Waals surface area contributed by atoms with E-state index in [1.807, 2.05) is 51.1 Å². The predicted octanol–water partition coefficient (Wildman–Crippen LogP) is 5.22. The Balaban J connectivity index is 2.01. The van der Waals surface area contributed by atoms with Crippen molar-refractivity contribution in [2.45, 2.75) is 51.0 Å². The van der Waals surface area contributed by atoms with Crippen LogP contribution in [-0.4, -0.2) is 50.8 Å². The van der Waals surface area contributed by atoms with Gasteiger partial charge in [0, 0.05) is 18.1 Å². The average molecular weight is 570 g/mol. The number of sulfonamides is 1. The largest absolute Gasteiger partial charge is 0.354 e. The van der Waals surface area contributed by atoms with Crippen LogP contribution >= 0.6 is 11.6 Å². The van der Waals surface area contributed by atoms with Crippen LogP contribution in [0.5, 0.6) is 0 Å². The molecule has 0 saturated carbocycles. The summed E-state index contributed by atoms with van der Waals surface area (Å²) < 4.78 is 28.7. The summed E-state index contributed by atoms with van der Waals surface area (Å²) in [6.45, 7) is 5.89. The molecule has 1 N–H and O–H groups in total. The smallest absolute Gasteiger partial charge is 0.264 e. The van der Waals surface area contributed by atoms with Crippen LogP contribution in [0.2, 0.25) is 5.02 Å². The van der Waals surface area contributed by atoms with Crippen molar-refractivity contribution in [2.75, 3.05) is 23.9 Å². The Bertz CT molecular complexity index is 1350. The van der Waals surface area contributed by atoms with Crippen molar-refractivity contribution < 1.29 is 18.0 Å². The number of hydrogen-bond donors (Lipinski definition) is 1. The number of amides is 2. The average Bonchev–Trinajstić information content (AvgIpc) is 2.95. The van der Waals surface area contributed by atoms with Gasteiger partial charge in [-0.2, -0.15) is 0 Å². The van der Waals surface area contributed by atoms with Crippen molar-refractivity contribution in [2.24, 2.45) is 0 Å². The molecule has 0 bridgehead atoms. The monoisotopic (exact) mass is 569 g/mol. The van der Waals surface area contributed by atoms with E-state index in [1.54, 1.807) is 36.4 Å². The Labute approximate surface area is 236 Å². The summed E-state index contributed by atoms with van der Waals surface area (Å²) in [5, 5.41) is 3.28. The first-order valence-corrected chi connectivity index (χ1v) is 15.0. The highest BCUT2D eigenvalue weighted by molar-refractivity contribution is 7.92. The standard InChI is InChI=1S/C30H36ClN3O4S/c1-4-19-32-30(36)28(5-2)33(20-18-24-12-8-6-9-13-24)29(35)22-34(25-17-16-23(3)27(31)21-25)39(37,38)26-14-10-7-11-15-26/h6-17,21,28H,4-5,18-20,22H2,1-3H3,(H,32,36). The van der Waals surface area contributed by atoms with E-state index in [0.29, 0.717) is 24.4 Å². The zero-order chi connectivity index (χ0) is 28.4. The highest BCUT2D eigenvalue weighted by Gasteiger charge is 2.33. The summed E-state index contributed by atoms with van der Waals surface area (Å²) >= 11 is 6.36. The number of anilines is 1. The van der Waals surface area contributed by atoms with E-state index in [9.17, 15) is 18.0 Å². The molecule has 0 radical (unpaired) electrons. The number of rotatable bonds is 13. The Hall–Kier alpha value is -3.36. The van der Waals surface area contributed by atoms with Gasteiger partial charge in [-0.05, 0) is 61.6 Å². The van der Waals surface area contributed by atoms with Gasteiger partial charge < -0.3 is 10.2 Å². The van der Waals surface area contributed by atoms with Crippen LogP contribution in [0.25, 0.3) is 0 Å². The van der Waals surface area contributed by atoms with Crippen molar-refractivity contribution in [1.29, 1.82) is 0 Å². The third-order valence-electron chi connectivity index (χ3n) is 6.47. The van der Waals surface area contributed by atoms with E-state index >= 15 is 0 Å². The molecule has 9 heteroatoms. The normalized spacial score (nSPS) is 12.0. The van der Waals surface area contributed by atoms with Crippen LogP contribution in [0.3, 0.4) is 0 Å². The maximum Gasteiger partial charge on any atom is 0.264 e. The highest BCUT2D eigenvalue weighted by Crippen LogP contribution is 2.28. The lowest BCUT2D eigenvalue weighted by Gasteiger charge is -2.33. The molecule has 0 aliphatic carbocycles. The third-order valence-corrected chi connectivity index (χ3v) is 8.67. The summed E-state index contributed by atoms with van der Waals surface area (Å²) in [5.74, 6) is -0.725. The Morgan fingerprint density at radius 1 is 0.949 bits per heavy atom. The molecular weight excluding hydrogens is 534 g/mol. The minimum absolute atomic E-state index is 0.0538. The van der Waals surface area contributed by atoms with Crippen LogP contribution in [0.4, 0.5) is 5.69 Å². The molecule has 1 atom stereocenters. The molecule has 0 aliphatic rings.